The molecule has 0 aromatic carbocycles. The van der Waals surface area contributed by atoms with Gasteiger partial charge in [-0.3, -0.25) is 9.59 Å². The number of hydrogen-bond acceptors (Lipinski definition) is 4. The minimum Gasteiger partial charge on any atom is -0.465 e. The van der Waals surface area contributed by atoms with Crippen LogP contribution in [0, 0.1) is 11.8 Å². The summed E-state index contributed by atoms with van der Waals surface area (Å²) < 4.78 is 10.7. The maximum Gasteiger partial charge on any atom is 0.309 e. The van der Waals surface area contributed by atoms with Crippen LogP contribution in [0.3, 0.4) is 0 Å². The van der Waals surface area contributed by atoms with E-state index in [1.807, 2.05) is 13.8 Å². The molecule has 0 heterocycles. The molecule has 0 aromatic heterocycles. The van der Waals surface area contributed by atoms with Crippen LogP contribution in [-0.2, 0) is 19.1 Å². The second-order valence-electron chi connectivity index (χ2n) is 7.33. The fourth-order valence-electron chi connectivity index (χ4n) is 3.30. The first-order valence-electron chi connectivity index (χ1n) is 9.91. The molecule has 2 atom stereocenters. The Morgan fingerprint density at radius 1 is 0.917 bits per heavy atom. The molecule has 1 saturated carbocycles. The van der Waals surface area contributed by atoms with Gasteiger partial charge in [0.2, 0.25) is 0 Å². The Labute approximate surface area is 147 Å². The van der Waals surface area contributed by atoms with Crippen molar-refractivity contribution >= 4 is 11.9 Å². The fourth-order valence-corrected chi connectivity index (χ4v) is 3.30. The standard InChI is InChI=1S/C20H36O4/c1-4-5-6-7-8-9-10-14-23-19(21)17-12-11-13-18(15-17)20(22)24-16(2)3/h16-18H,4-15H2,1-3H3. The molecule has 0 radical (unpaired) electrons. The van der Waals surface area contributed by atoms with Crippen molar-refractivity contribution in [2.24, 2.45) is 11.8 Å². The summed E-state index contributed by atoms with van der Waals surface area (Å²) in [7, 11) is 0. The number of unbranched alkanes of at least 4 members (excludes halogenated alkanes) is 6. The number of ether oxygens (including phenoxy) is 2. The predicted octanol–water partition coefficient (Wildman–Crippen LogP) is 5.04. The van der Waals surface area contributed by atoms with Crippen LogP contribution in [0.25, 0.3) is 0 Å². The average molecular weight is 341 g/mol. The zero-order valence-electron chi connectivity index (χ0n) is 15.9. The van der Waals surface area contributed by atoms with E-state index in [0.717, 1.165) is 32.1 Å². The predicted molar refractivity (Wildman–Crippen MR) is 95.6 cm³/mol. The Hall–Kier alpha value is -1.06. The molecule has 24 heavy (non-hydrogen) atoms. The molecular weight excluding hydrogens is 304 g/mol. The molecule has 0 bridgehead atoms. The molecule has 1 rings (SSSR count). The van der Waals surface area contributed by atoms with Gasteiger partial charge in [0.25, 0.3) is 0 Å². The molecule has 4 heteroatoms. The summed E-state index contributed by atoms with van der Waals surface area (Å²) in [6.07, 6.45) is 11.5. The van der Waals surface area contributed by atoms with Gasteiger partial charge in [-0.05, 0) is 39.5 Å². The van der Waals surface area contributed by atoms with Gasteiger partial charge in [0.05, 0.1) is 24.5 Å². The Morgan fingerprint density at radius 2 is 1.50 bits per heavy atom. The lowest BCUT2D eigenvalue weighted by atomic mass is 9.81. The molecule has 4 nitrogen and oxygen atoms in total. The van der Waals surface area contributed by atoms with Gasteiger partial charge in [0.1, 0.15) is 0 Å². The van der Waals surface area contributed by atoms with Crippen LogP contribution in [0.2, 0.25) is 0 Å². The largest absolute Gasteiger partial charge is 0.465 e. The lowest BCUT2D eigenvalue weighted by Crippen LogP contribution is -2.30. The average Bonchev–Trinajstić information content (AvgIpc) is 2.56. The molecule has 0 amide bonds. The summed E-state index contributed by atoms with van der Waals surface area (Å²) in [4.78, 5) is 24.2. The van der Waals surface area contributed by atoms with Crippen molar-refractivity contribution in [3.05, 3.63) is 0 Å². The molecule has 0 aliphatic heterocycles. The SMILES string of the molecule is CCCCCCCCCOC(=O)C1CCCC(C(=O)OC(C)C)C1. The van der Waals surface area contributed by atoms with E-state index in [2.05, 4.69) is 6.92 Å². The van der Waals surface area contributed by atoms with Crippen LogP contribution >= 0.6 is 0 Å². The van der Waals surface area contributed by atoms with Crippen molar-refractivity contribution < 1.29 is 19.1 Å². The molecule has 0 N–H and O–H groups in total. The summed E-state index contributed by atoms with van der Waals surface area (Å²) in [5.41, 5.74) is 0. The van der Waals surface area contributed by atoms with Gasteiger partial charge in [-0.25, -0.2) is 0 Å². The van der Waals surface area contributed by atoms with Gasteiger partial charge in [-0.2, -0.15) is 0 Å². The molecule has 1 aliphatic rings. The molecule has 0 aromatic rings. The summed E-state index contributed by atoms with van der Waals surface area (Å²) in [6, 6.07) is 0. The molecule has 0 saturated heterocycles. The van der Waals surface area contributed by atoms with Crippen LogP contribution in [0.15, 0.2) is 0 Å². The highest BCUT2D eigenvalue weighted by molar-refractivity contribution is 5.76. The highest BCUT2D eigenvalue weighted by atomic mass is 16.5. The van der Waals surface area contributed by atoms with Gasteiger partial charge in [0.15, 0.2) is 0 Å². The van der Waals surface area contributed by atoms with Gasteiger partial charge in [0, 0.05) is 0 Å². The van der Waals surface area contributed by atoms with Gasteiger partial charge in [-0.15, -0.1) is 0 Å². The third-order valence-electron chi connectivity index (χ3n) is 4.68. The second-order valence-corrected chi connectivity index (χ2v) is 7.33. The van der Waals surface area contributed by atoms with Gasteiger partial charge < -0.3 is 9.47 Å². The summed E-state index contributed by atoms with van der Waals surface area (Å²) >= 11 is 0. The summed E-state index contributed by atoms with van der Waals surface area (Å²) in [5.74, 6) is -0.553. The van der Waals surface area contributed by atoms with Crippen LogP contribution in [-0.4, -0.2) is 24.6 Å². The Morgan fingerprint density at radius 3 is 2.12 bits per heavy atom. The fraction of sp³-hybridized carbons (Fsp3) is 0.900. The maximum absolute atomic E-state index is 12.2. The minimum atomic E-state index is -0.158. The first kappa shape index (κ1) is 21.0. The number of carbonyl (C=O) groups is 2. The molecule has 2 unspecified atom stereocenters. The number of esters is 2. The monoisotopic (exact) mass is 340 g/mol. The smallest absolute Gasteiger partial charge is 0.309 e. The van der Waals surface area contributed by atoms with E-state index in [0.29, 0.717) is 13.0 Å². The summed E-state index contributed by atoms with van der Waals surface area (Å²) in [5, 5.41) is 0. The van der Waals surface area contributed by atoms with Crippen LogP contribution in [0.1, 0.15) is 91.4 Å². The Bertz CT molecular complexity index is 365. The molecule has 1 fully saturated rings. The van der Waals surface area contributed by atoms with Crippen molar-refractivity contribution in [3.8, 4) is 0 Å². The van der Waals surface area contributed by atoms with Crippen molar-refractivity contribution in [2.45, 2.75) is 97.5 Å². The number of hydrogen-bond donors (Lipinski definition) is 0. The van der Waals surface area contributed by atoms with Crippen molar-refractivity contribution in [3.63, 3.8) is 0 Å². The van der Waals surface area contributed by atoms with E-state index in [1.165, 1.54) is 32.1 Å². The lowest BCUT2D eigenvalue weighted by Gasteiger charge is -2.27. The first-order chi connectivity index (χ1) is 11.5. The number of carbonyl (C=O) groups excluding carboxylic acids is 2. The van der Waals surface area contributed by atoms with E-state index < -0.39 is 0 Å². The summed E-state index contributed by atoms with van der Waals surface area (Å²) in [6.45, 7) is 6.45. The van der Waals surface area contributed by atoms with Crippen LogP contribution in [0.5, 0.6) is 0 Å². The third kappa shape index (κ3) is 8.70. The maximum atomic E-state index is 12.2. The Balaban J connectivity index is 2.16. The lowest BCUT2D eigenvalue weighted by molar-refractivity contribution is -0.157. The molecular formula is C20H36O4. The van der Waals surface area contributed by atoms with Crippen LogP contribution < -0.4 is 0 Å². The van der Waals surface area contributed by atoms with E-state index in [1.54, 1.807) is 0 Å². The van der Waals surface area contributed by atoms with E-state index in [-0.39, 0.29) is 29.9 Å². The van der Waals surface area contributed by atoms with Crippen molar-refractivity contribution in [1.82, 2.24) is 0 Å². The van der Waals surface area contributed by atoms with Crippen molar-refractivity contribution in [1.29, 1.82) is 0 Å². The normalized spacial score (nSPS) is 20.8. The minimum absolute atomic E-state index is 0.0952. The van der Waals surface area contributed by atoms with Crippen molar-refractivity contribution in [2.75, 3.05) is 6.61 Å². The molecule has 0 spiro atoms. The second kappa shape index (κ2) is 12.3. The zero-order valence-corrected chi connectivity index (χ0v) is 15.9. The van der Waals surface area contributed by atoms with Crippen LogP contribution in [0.4, 0.5) is 0 Å². The van der Waals surface area contributed by atoms with E-state index in [4.69, 9.17) is 9.47 Å². The first-order valence-corrected chi connectivity index (χ1v) is 9.91. The quantitative estimate of drug-likeness (QED) is 0.390. The molecule has 140 valence electrons. The highest BCUT2D eigenvalue weighted by Crippen LogP contribution is 2.31. The van der Waals surface area contributed by atoms with E-state index >= 15 is 0 Å². The highest BCUT2D eigenvalue weighted by Gasteiger charge is 2.33. The Kier molecular flexibility index (Phi) is 10.8. The zero-order chi connectivity index (χ0) is 17.8. The third-order valence-corrected chi connectivity index (χ3v) is 4.68. The van der Waals surface area contributed by atoms with E-state index in [9.17, 15) is 9.59 Å². The topological polar surface area (TPSA) is 52.6 Å². The van der Waals surface area contributed by atoms with Gasteiger partial charge >= 0.3 is 11.9 Å². The number of rotatable bonds is 11. The molecule has 1 aliphatic carbocycles. The van der Waals surface area contributed by atoms with Gasteiger partial charge in [-0.1, -0.05) is 51.9 Å².